The molecule has 1 saturated carbocycles. The number of nitrogens with one attached hydrogen (secondary N) is 3. The number of fused-ring (bicyclic) bond motifs is 1. The minimum Gasteiger partial charge on any atom is -0.481 e. The summed E-state index contributed by atoms with van der Waals surface area (Å²) in [6, 6.07) is 19.4. The molecular weight excluding hydrogens is 497 g/mol. The normalized spacial score (nSPS) is 20.0. The minimum atomic E-state index is -1.11. The fraction of sp³-hybridized carbons (Fsp3) is 0.323. The van der Waals surface area contributed by atoms with Gasteiger partial charge in [-0.2, -0.15) is 0 Å². The highest BCUT2D eigenvalue weighted by Gasteiger charge is 2.38. The van der Waals surface area contributed by atoms with Crippen molar-refractivity contribution in [2.45, 2.75) is 56.7 Å². The van der Waals surface area contributed by atoms with Crippen molar-refractivity contribution in [2.75, 3.05) is 5.32 Å². The minimum absolute atomic E-state index is 0.250. The fourth-order valence-corrected chi connectivity index (χ4v) is 5.34. The Hall–Kier alpha value is -4.20. The van der Waals surface area contributed by atoms with E-state index in [1.165, 1.54) is 30.7 Å². The summed E-state index contributed by atoms with van der Waals surface area (Å²) in [5.74, 6) is -0.988. The number of para-hydroxylation sites is 2. The molecule has 1 heterocycles. The van der Waals surface area contributed by atoms with Crippen LogP contribution in [0.2, 0.25) is 0 Å². The second kappa shape index (κ2) is 12.1. The van der Waals surface area contributed by atoms with E-state index in [-0.39, 0.29) is 11.8 Å². The molecule has 202 valence electrons. The van der Waals surface area contributed by atoms with Crippen molar-refractivity contribution in [3.8, 4) is 5.75 Å². The molecule has 1 aliphatic carbocycles. The largest absolute Gasteiger partial charge is 0.481 e. The lowest BCUT2D eigenvalue weighted by Crippen LogP contribution is -2.51. The van der Waals surface area contributed by atoms with Gasteiger partial charge in [-0.3, -0.25) is 14.4 Å². The molecule has 39 heavy (non-hydrogen) atoms. The lowest BCUT2D eigenvalue weighted by atomic mass is 9.86. The third-order valence-electron chi connectivity index (χ3n) is 7.38. The number of benzene rings is 3. The van der Waals surface area contributed by atoms with E-state index in [1.54, 1.807) is 24.3 Å². The molecule has 1 fully saturated rings. The van der Waals surface area contributed by atoms with Crippen molar-refractivity contribution in [3.63, 3.8) is 0 Å². The molecule has 3 aromatic rings. The van der Waals surface area contributed by atoms with Gasteiger partial charge in [0.05, 0.1) is 5.69 Å². The van der Waals surface area contributed by atoms with E-state index in [9.17, 15) is 18.8 Å². The number of hydrogen-bond donors (Lipinski definition) is 3. The van der Waals surface area contributed by atoms with E-state index in [0.29, 0.717) is 29.0 Å². The molecule has 0 radical (unpaired) electrons. The number of ether oxygens (including phenoxy) is 1. The zero-order valence-electron chi connectivity index (χ0n) is 21.6. The summed E-state index contributed by atoms with van der Waals surface area (Å²) < 4.78 is 20.0. The van der Waals surface area contributed by atoms with Gasteiger partial charge in [0.25, 0.3) is 5.91 Å². The molecule has 3 N–H and O–H groups in total. The van der Waals surface area contributed by atoms with Crippen LogP contribution < -0.4 is 20.7 Å². The van der Waals surface area contributed by atoms with Crippen LogP contribution in [0.5, 0.6) is 5.75 Å². The lowest BCUT2D eigenvalue weighted by molar-refractivity contribution is -0.132. The van der Waals surface area contributed by atoms with Crippen LogP contribution in [0.25, 0.3) is 0 Å². The highest BCUT2D eigenvalue weighted by Crippen LogP contribution is 2.35. The molecule has 0 spiro atoms. The number of halogens is 1. The molecule has 2 aliphatic rings. The Kier molecular flexibility index (Phi) is 8.20. The molecule has 3 atom stereocenters. The van der Waals surface area contributed by atoms with E-state index in [4.69, 9.17) is 4.74 Å². The zero-order valence-corrected chi connectivity index (χ0v) is 21.6. The van der Waals surface area contributed by atoms with Crippen LogP contribution in [-0.2, 0) is 14.4 Å². The maximum atomic E-state index is 13.8. The maximum absolute atomic E-state index is 13.8. The number of rotatable bonds is 7. The summed E-state index contributed by atoms with van der Waals surface area (Å²) in [6.07, 6.45) is 4.83. The molecular formula is C31H32FN3O4. The van der Waals surface area contributed by atoms with E-state index in [1.807, 2.05) is 30.3 Å². The van der Waals surface area contributed by atoms with Gasteiger partial charge in [0, 0.05) is 6.42 Å². The van der Waals surface area contributed by atoms with Gasteiger partial charge in [-0.05, 0) is 54.2 Å². The molecule has 8 heteroatoms. The smallest absolute Gasteiger partial charge is 0.251 e. The first-order valence-corrected chi connectivity index (χ1v) is 13.4. The lowest BCUT2D eigenvalue weighted by Gasteiger charge is -2.28. The van der Waals surface area contributed by atoms with Crippen molar-refractivity contribution in [1.29, 1.82) is 0 Å². The highest BCUT2D eigenvalue weighted by molar-refractivity contribution is 6.00. The van der Waals surface area contributed by atoms with E-state index in [0.717, 1.165) is 25.7 Å². The van der Waals surface area contributed by atoms with E-state index >= 15 is 0 Å². The number of carbonyl (C=O) groups excluding carboxylic acids is 3. The number of anilines is 1. The predicted octanol–water partition coefficient (Wildman–Crippen LogP) is 5.21. The van der Waals surface area contributed by atoms with Crippen molar-refractivity contribution >= 4 is 23.4 Å². The van der Waals surface area contributed by atoms with Gasteiger partial charge < -0.3 is 20.7 Å². The molecule has 0 bridgehead atoms. The number of hydrogen-bond acceptors (Lipinski definition) is 4. The maximum Gasteiger partial charge on any atom is 0.251 e. The van der Waals surface area contributed by atoms with Gasteiger partial charge >= 0.3 is 0 Å². The summed E-state index contributed by atoms with van der Waals surface area (Å²) in [5.41, 5.74) is 1.62. The Labute approximate surface area is 227 Å². The third kappa shape index (κ3) is 6.45. The third-order valence-corrected chi connectivity index (χ3v) is 7.38. The van der Waals surface area contributed by atoms with E-state index in [2.05, 4.69) is 16.0 Å². The van der Waals surface area contributed by atoms with Crippen molar-refractivity contribution in [3.05, 3.63) is 95.8 Å². The van der Waals surface area contributed by atoms with Crippen molar-refractivity contribution < 1.29 is 23.5 Å². The Bertz CT molecular complexity index is 1310. The first kappa shape index (κ1) is 26.4. The van der Waals surface area contributed by atoms with E-state index < -0.39 is 35.8 Å². The van der Waals surface area contributed by atoms with Crippen LogP contribution in [0, 0.1) is 11.7 Å². The van der Waals surface area contributed by atoms with Crippen LogP contribution in [0.3, 0.4) is 0 Å². The van der Waals surface area contributed by atoms with Gasteiger partial charge in [-0.1, -0.05) is 73.9 Å². The first-order chi connectivity index (χ1) is 19.0. The Morgan fingerprint density at radius 1 is 0.923 bits per heavy atom. The molecule has 3 aromatic carbocycles. The molecule has 0 saturated heterocycles. The van der Waals surface area contributed by atoms with Crippen LogP contribution in [0.1, 0.15) is 61.8 Å². The molecule has 0 aromatic heterocycles. The quantitative estimate of drug-likeness (QED) is 0.392. The molecule has 7 nitrogen and oxygen atoms in total. The molecule has 5 rings (SSSR count). The Morgan fingerprint density at radius 2 is 1.62 bits per heavy atom. The Balaban J connectivity index is 1.41. The van der Waals surface area contributed by atoms with Gasteiger partial charge in [-0.25, -0.2) is 4.39 Å². The summed E-state index contributed by atoms with van der Waals surface area (Å²) in [4.78, 5) is 40.3. The topological polar surface area (TPSA) is 96.5 Å². The number of amides is 3. The molecule has 0 unspecified atom stereocenters. The first-order valence-electron chi connectivity index (χ1n) is 13.4. The van der Waals surface area contributed by atoms with Crippen molar-refractivity contribution in [2.24, 2.45) is 5.92 Å². The average molecular weight is 530 g/mol. The van der Waals surface area contributed by atoms with Crippen molar-refractivity contribution in [1.82, 2.24) is 10.6 Å². The summed E-state index contributed by atoms with van der Waals surface area (Å²) >= 11 is 0. The monoisotopic (exact) mass is 529 g/mol. The summed E-state index contributed by atoms with van der Waals surface area (Å²) in [5, 5.41) is 8.52. The SMILES string of the molecule is O=C(CC1CCCCC1)N[C@H](C(=O)N[C@@H]1C(=O)Nc2ccccc2O[C@@H]1c1ccccc1)c1ccc(F)cc1. The number of carbonyl (C=O) groups is 3. The van der Waals surface area contributed by atoms with Crippen LogP contribution in [0.4, 0.5) is 10.1 Å². The average Bonchev–Trinajstić information content (AvgIpc) is 3.09. The van der Waals surface area contributed by atoms with Gasteiger partial charge in [-0.15, -0.1) is 0 Å². The summed E-state index contributed by atoms with van der Waals surface area (Å²) in [7, 11) is 0. The predicted molar refractivity (Wildman–Crippen MR) is 145 cm³/mol. The standard InChI is InChI=1S/C31H32FN3O4/c32-23-17-15-21(16-18-23)27(34-26(36)19-20-9-3-1-4-10-20)30(37)35-28-29(22-11-5-2-6-12-22)39-25-14-8-7-13-24(25)33-31(28)38/h2,5-8,11-18,20,27-29H,1,3-4,9-10,19H2,(H,33,38)(H,34,36)(H,35,37)/t27-,28-,29+/m0/s1. The van der Waals surface area contributed by atoms with Crippen LogP contribution in [0.15, 0.2) is 78.9 Å². The second-order valence-electron chi connectivity index (χ2n) is 10.2. The molecule has 1 aliphatic heterocycles. The van der Waals surface area contributed by atoms with Gasteiger partial charge in [0.2, 0.25) is 11.8 Å². The van der Waals surface area contributed by atoms with Crippen LogP contribution >= 0.6 is 0 Å². The van der Waals surface area contributed by atoms with Gasteiger partial charge in [0.1, 0.15) is 23.7 Å². The Morgan fingerprint density at radius 3 is 2.36 bits per heavy atom. The van der Waals surface area contributed by atoms with Crippen LogP contribution in [-0.4, -0.2) is 23.8 Å². The van der Waals surface area contributed by atoms with Gasteiger partial charge in [0.15, 0.2) is 6.10 Å². The zero-order chi connectivity index (χ0) is 27.2. The summed E-state index contributed by atoms with van der Waals surface area (Å²) in [6.45, 7) is 0. The fourth-order valence-electron chi connectivity index (χ4n) is 5.34. The highest BCUT2D eigenvalue weighted by atomic mass is 19.1. The second-order valence-corrected chi connectivity index (χ2v) is 10.2. The molecule has 3 amide bonds.